The van der Waals surface area contributed by atoms with Gasteiger partial charge in [0.05, 0.1) is 11.9 Å². The number of nitrogens with zero attached hydrogens (tertiary/aromatic N) is 2. The van der Waals surface area contributed by atoms with Crippen LogP contribution in [0.15, 0.2) is 18.2 Å². The van der Waals surface area contributed by atoms with Crippen molar-refractivity contribution in [1.82, 2.24) is 15.1 Å². The summed E-state index contributed by atoms with van der Waals surface area (Å²) in [6.07, 6.45) is -5.35. The van der Waals surface area contributed by atoms with E-state index in [9.17, 15) is 18.0 Å². The van der Waals surface area contributed by atoms with Crippen LogP contribution < -0.4 is 5.73 Å². The number of hydrogen-bond donors (Lipinski definition) is 2. The van der Waals surface area contributed by atoms with Crippen LogP contribution in [0.25, 0.3) is 10.9 Å². The van der Waals surface area contributed by atoms with Crippen molar-refractivity contribution in [1.29, 1.82) is 0 Å². The lowest BCUT2D eigenvalue weighted by Crippen LogP contribution is -2.30. The Morgan fingerprint density at radius 3 is 2.80 bits per heavy atom. The van der Waals surface area contributed by atoms with E-state index in [1.165, 1.54) is 7.05 Å². The quantitative estimate of drug-likeness (QED) is 0.849. The molecule has 2 rings (SSSR count). The van der Waals surface area contributed by atoms with Crippen molar-refractivity contribution in [3.05, 3.63) is 23.9 Å². The van der Waals surface area contributed by atoms with E-state index < -0.39 is 25.0 Å². The van der Waals surface area contributed by atoms with E-state index in [2.05, 4.69) is 10.2 Å². The molecule has 0 spiro atoms. The Hall–Kier alpha value is -2.25. The highest BCUT2D eigenvalue weighted by molar-refractivity contribution is 6.05. The number of carbonyl (C=O) groups excluding carboxylic acids is 1. The number of nitrogens with two attached hydrogens (primary N) is 1. The Morgan fingerprint density at radius 2 is 2.15 bits per heavy atom. The van der Waals surface area contributed by atoms with Crippen LogP contribution in [0.1, 0.15) is 16.9 Å². The molecule has 108 valence electrons. The first kappa shape index (κ1) is 14.2. The number of aromatic amines is 1. The van der Waals surface area contributed by atoms with E-state index in [0.29, 0.717) is 16.6 Å². The number of halogens is 3. The molecule has 2 aromatic rings. The highest BCUT2D eigenvalue weighted by atomic mass is 19.4. The molecule has 1 heterocycles. The number of carbonyl (C=O) groups is 1. The molecule has 0 saturated heterocycles. The topological polar surface area (TPSA) is 75.0 Å². The van der Waals surface area contributed by atoms with Crippen LogP contribution in [-0.2, 0) is 0 Å². The van der Waals surface area contributed by atoms with Crippen molar-refractivity contribution in [3.63, 3.8) is 0 Å². The second-order valence-corrected chi connectivity index (χ2v) is 4.47. The number of anilines is 1. The molecular formula is C12H13F3N4O. The van der Waals surface area contributed by atoms with Crippen molar-refractivity contribution >= 4 is 22.5 Å². The summed E-state index contributed by atoms with van der Waals surface area (Å²) in [6.45, 7) is -0.418. The number of benzene rings is 1. The van der Waals surface area contributed by atoms with Crippen molar-refractivity contribution in [3.8, 4) is 0 Å². The van der Waals surface area contributed by atoms with Gasteiger partial charge < -0.3 is 10.6 Å². The molecule has 1 amide bonds. The lowest BCUT2D eigenvalue weighted by atomic mass is 10.2. The molecule has 0 fully saturated rings. The third-order valence-corrected chi connectivity index (χ3v) is 2.87. The number of rotatable bonds is 3. The molecular weight excluding hydrogens is 273 g/mol. The van der Waals surface area contributed by atoms with Gasteiger partial charge in [0.25, 0.3) is 5.91 Å². The number of hydrogen-bond acceptors (Lipinski definition) is 3. The molecule has 0 saturated carbocycles. The van der Waals surface area contributed by atoms with Gasteiger partial charge in [-0.25, -0.2) is 0 Å². The molecule has 0 atom stereocenters. The number of aromatic nitrogens is 2. The normalized spacial score (nSPS) is 11.8. The van der Waals surface area contributed by atoms with Gasteiger partial charge in [-0.15, -0.1) is 0 Å². The van der Waals surface area contributed by atoms with Crippen molar-refractivity contribution in [2.45, 2.75) is 12.6 Å². The molecule has 0 bridgehead atoms. The minimum atomic E-state index is -4.30. The smallest absolute Gasteiger partial charge is 0.390 e. The summed E-state index contributed by atoms with van der Waals surface area (Å²) in [5, 5.41) is 6.99. The number of nitrogen functional groups attached to an aromatic ring is 1. The average Bonchev–Trinajstić information content (AvgIpc) is 2.77. The van der Waals surface area contributed by atoms with Gasteiger partial charge in [0.15, 0.2) is 5.69 Å². The molecule has 20 heavy (non-hydrogen) atoms. The summed E-state index contributed by atoms with van der Waals surface area (Å²) in [6, 6.07) is 4.86. The van der Waals surface area contributed by atoms with E-state index in [-0.39, 0.29) is 5.69 Å². The Bertz CT molecular complexity index is 635. The first-order valence-electron chi connectivity index (χ1n) is 5.84. The molecule has 1 aromatic carbocycles. The average molecular weight is 286 g/mol. The third kappa shape index (κ3) is 3.01. The van der Waals surface area contributed by atoms with Gasteiger partial charge in [0, 0.05) is 24.7 Å². The first-order chi connectivity index (χ1) is 9.28. The Morgan fingerprint density at radius 1 is 1.45 bits per heavy atom. The molecule has 0 aliphatic carbocycles. The van der Waals surface area contributed by atoms with E-state index in [1.807, 2.05) is 0 Å². The zero-order valence-electron chi connectivity index (χ0n) is 10.7. The predicted octanol–water partition coefficient (Wildman–Crippen LogP) is 2.17. The van der Waals surface area contributed by atoms with Crippen LogP contribution in [0.4, 0.5) is 18.9 Å². The molecule has 0 unspecified atom stereocenters. The van der Waals surface area contributed by atoms with Crippen LogP contribution >= 0.6 is 0 Å². The second-order valence-electron chi connectivity index (χ2n) is 4.47. The monoisotopic (exact) mass is 286 g/mol. The van der Waals surface area contributed by atoms with E-state index in [0.717, 1.165) is 4.90 Å². The van der Waals surface area contributed by atoms with Crippen LogP contribution in [0.5, 0.6) is 0 Å². The number of amides is 1. The SMILES string of the molecule is CN(CCC(F)(F)F)C(=O)c1n[nH]c2ccc(N)cc12. The van der Waals surface area contributed by atoms with Gasteiger partial charge in [0.2, 0.25) is 0 Å². The highest BCUT2D eigenvalue weighted by Crippen LogP contribution is 2.22. The summed E-state index contributed by atoms with van der Waals surface area (Å²) in [5.74, 6) is -0.578. The lowest BCUT2D eigenvalue weighted by molar-refractivity contribution is -0.136. The van der Waals surface area contributed by atoms with E-state index in [4.69, 9.17) is 5.73 Å². The molecule has 0 aliphatic rings. The summed E-state index contributed by atoms with van der Waals surface area (Å²) in [4.78, 5) is 13.1. The van der Waals surface area contributed by atoms with Gasteiger partial charge in [-0.1, -0.05) is 0 Å². The number of nitrogens with one attached hydrogen (secondary N) is 1. The molecule has 1 aromatic heterocycles. The second kappa shape index (κ2) is 5.03. The zero-order chi connectivity index (χ0) is 14.9. The molecule has 5 nitrogen and oxygen atoms in total. The van der Waals surface area contributed by atoms with Crippen molar-refractivity contribution < 1.29 is 18.0 Å². The Balaban J connectivity index is 2.20. The van der Waals surface area contributed by atoms with E-state index >= 15 is 0 Å². The minimum Gasteiger partial charge on any atom is -0.399 e. The summed E-state index contributed by atoms with van der Waals surface area (Å²) in [5.41, 5.74) is 6.75. The predicted molar refractivity (Wildman–Crippen MR) is 68.1 cm³/mol. The fourth-order valence-electron chi connectivity index (χ4n) is 1.77. The number of fused-ring (bicyclic) bond motifs is 1. The third-order valence-electron chi connectivity index (χ3n) is 2.87. The van der Waals surface area contributed by atoms with Gasteiger partial charge >= 0.3 is 6.18 Å². The van der Waals surface area contributed by atoms with Crippen LogP contribution in [0.2, 0.25) is 0 Å². The zero-order valence-corrected chi connectivity index (χ0v) is 10.7. The maximum atomic E-state index is 12.2. The summed E-state index contributed by atoms with van der Waals surface area (Å²) >= 11 is 0. The van der Waals surface area contributed by atoms with E-state index in [1.54, 1.807) is 18.2 Å². The maximum absolute atomic E-state index is 12.2. The molecule has 0 radical (unpaired) electrons. The molecule has 8 heteroatoms. The first-order valence-corrected chi connectivity index (χ1v) is 5.84. The van der Waals surface area contributed by atoms with Gasteiger partial charge in [-0.2, -0.15) is 18.3 Å². The van der Waals surface area contributed by atoms with Crippen molar-refractivity contribution in [2.75, 3.05) is 19.3 Å². The standard InChI is InChI=1S/C12H13F3N4O/c1-19(5-4-12(13,14)15)11(20)10-8-6-7(16)2-3-9(8)17-18-10/h2-3,6H,4-5,16H2,1H3,(H,17,18). The fourth-order valence-corrected chi connectivity index (χ4v) is 1.77. The van der Waals surface area contributed by atoms with Crippen LogP contribution in [0.3, 0.4) is 0 Å². The van der Waals surface area contributed by atoms with Crippen LogP contribution in [-0.4, -0.2) is 40.8 Å². The summed E-state index contributed by atoms with van der Waals surface area (Å²) < 4.78 is 36.5. The van der Waals surface area contributed by atoms with Crippen molar-refractivity contribution in [2.24, 2.45) is 0 Å². The Labute approximate surface area is 112 Å². The Kier molecular flexibility index (Phi) is 3.56. The maximum Gasteiger partial charge on any atom is 0.390 e. The number of alkyl halides is 3. The fraction of sp³-hybridized carbons (Fsp3) is 0.333. The van der Waals surface area contributed by atoms with Gasteiger partial charge in [0.1, 0.15) is 0 Å². The minimum absolute atomic E-state index is 0.0666. The number of H-pyrrole nitrogens is 1. The molecule has 0 aliphatic heterocycles. The lowest BCUT2D eigenvalue weighted by Gasteiger charge is -2.17. The van der Waals surface area contributed by atoms with Gasteiger partial charge in [-0.3, -0.25) is 9.89 Å². The molecule has 3 N–H and O–H groups in total. The summed E-state index contributed by atoms with van der Waals surface area (Å²) in [7, 11) is 1.31. The van der Waals surface area contributed by atoms with Gasteiger partial charge in [-0.05, 0) is 18.2 Å². The van der Waals surface area contributed by atoms with Crippen LogP contribution in [0, 0.1) is 0 Å². The highest BCUT2D eigenvalue weighted by Gasteiger charge is 2.29. The largest absolute Gasteiger partial charge is 0.399 e.